The number of aromatic nitrogens is 3. The molecule has 1 aliphatic heterocycles. The summed E-state index contributed by atoms with van der Waals surface area (Å²) < 4.78 is 20.1. The molecule has 38 heavy (non-hydrogen) atoms. The van der Waals surface area contributed by atoms with Crippen molar-refractivity contribution in [3.8, 4) is 11.5 Å². The number of ether oxygens (including phenoxy) is 3. The first-order valence-corrected chi connectivity index (χ1v) is 14.5. The van der Waals surface area contributed by atoms with E-state index in [9.17, 15) is 4.79 Å². The molecule has 0 saturated carbocycles. The second kappa shape index (κ2) is 12.7. The fourth-order valence-corrected chi connectivity index (χ4v) is 5.41. The highest BCUT2D eigenvalue weighted by Gasteiger charge is 2.36. The third-order valence-corrected chi connectivity index (χ3v) is 7.55. The lowest BCUT2D eigenvalue weighted by Crippen LogP contribution is -2.29. The molecule has 0 spiro atoms. The van der Waals surface area contributed by atoms with Crippen LogP contribution in [0.15, 0.2) is 57.3 Å². The van der Waals surface area contributed by atoms with E-state index in [1.54, 1.807) is 23.4 Å². The summed E-state index contributed by atoms with van der Waals surface area (Å²) in [6.45, 7) is 10.9. The molecule has 1 unspecified atom stereocenters. The lowest BCUT2D eigenvalue weighted by atomic mass is 9.95. The largest absolute Gasteiger partial charge is 0.490 e. The molecule has 0 saturated heterocycles. The van der Waals surface area contributed by atoms with Crippen LogP contribution in [0.3, 0.4) is 0 Å². The van der Waals surface area contributed by atoms with Gasteiger partial charge in [0.2, 0.25) is 11.1 Å². The Balaban J connectivity index is 1.77. The van der Waals surface area contributed by atoms with Gasteiger partial charge in [0.15, 0.2) is 11.5 Å². The number of esters is 1. The Kier molecular flexibility index (Phi) is 9.38. The van der Waals surface area contributed by atoms with Crippen LogP contribution in [0.1, 0.15) is 56.8 Å². The van der Waals surface area contributed by atoms with Gasteiger partial charge in [-0.05, 0) is 73.3 Å². The maximum Gasteiger partial charge on any atom is 0.338 e. The summed E-state index contributed by atoms with van der Waals surface area (Å²) in [5.74, 6) is 2.25. The van der Waals surface area contributed by atoms with Crippen LogP contribution in [0.25, 0.3) is 0 Å². The number of rotatable bonds is 11. The van der Waals surface area contributed by atoms with Gasteiger partial charge in [-0.2, -0.15) is 4.98 Å². The maximum absolute atomic E-state index is 13.2. The van der Waals surface area contributed by atoms with Crippen LogP contribution in [-0.2, 0) is 16.1 Å². The van der Waals surface area contributed by atoms with Gasteiger partial charge < -0.3 is 19.5 Å². The van der Waals surface area contributed by atoms with Crippen LogP contribution < -0.4 is 14.8 Å². The number of hydrogen-bond donors (Lipinski definition) is 1. The van der Waals surface area contributed by atoms with Crippen molar-refractivity contribution in [2.75, 3.05) is 24.3 Å². The molecule has 0 aliphatic carbocycles. The number of carbonyl (C=O) groups excluding carboxylic acids is 1. The topological polar surface area (TPSA) is 87.5 Å². The smallest absolute Gasteiger partial charge is 0.338 e. The zero-order chi connectivity index (χ0) is 27.2. The van der Waals surface area contributed by atoms with Crippen molar-refractivity contribution < 1.29 is 19.0 Å². The summed E-state index contributed by atoms with van der Waals surface area (Å²) >= 11 is 5.28. The van der Waals surface area contributed by atoms with E-state index in [0.717, 1.165) is 23.3 Å². The van der Waals surface area contributed by atoms with Gasteiger partial charge in [-0.15, -0.1) is 5.10 Å². The fourth-order valence-electron chi connectivity index (χ4n) is 4.16. The minimum Gasteiger partial charge on any atom is -0.490 e. The molecule has 0 bridgehead atoms. The minimum atomic E-state index is -0.560. The molecule has 10 heteroatoms. The number of nitrogens with one attached hydrogen (secondary N) is 1. The van der Waals surface area contributed by atoms with E-state index in [4.69, 9.17) is 19.3 Å². The van der Waals surface area contributed by atoms with Gasteiger partial charge in [-0.3, -0.25) is 0 Å². The molecule has 4 rings (SSSR count). The molecule has 8 nitrogen and oxygen atoms in total. The van der Waals surface area contributed by atoms with Gasteiger partial charge in [0, 0.05) is 11.4 Å². The van der Waals surface area contributed by atoms with E-state index in [0.29, 0.717) is 51.6 Å². The number of allylic oxidation sites excluding steroid dienone is 1. The Bertz CT molecular complexity index is 1320. The second-order valence-electron chi connectivity index (χ2n) is 8.83. The predicted octanol–water partition coefficient (Wildman–Crippen LogP) is 6.68. The fraction of sp³-hybridized carbons (Fsp3) is 0.393. The molecular weight excluding hydrogens is 568 g/mol. The molecule has 202 valence electrons. The quantitative estimate of drug-likeness (QED) is 0.192. The standard InChI is InChI=1S/C28H33BrN4O4S/c1-6-13-38-28-31-27-30-18(5)23(26(34)36-8-3)24(33(27)32-28)20-14-21(29)25(22(15-20)35-7-2)37-16-19-11-9-17(4)10-12-19/h9-12,14-15,24H,6-8,13,16H2,1-5H3,(H,30,31,32). The van der Waals surface area contributed by atoms with E-state index in [2.05, 4.69) is 52.2 Å². The zero-order valence-corrected chi connectivity index (χ0v) is 24.7. The van der Waals surface area contributed by atoms with E-state index >= 15 is 0 Å². The maximum atomic E-state index is 13.2. The van der Waals surface area contributed by atoms with E-state index in [-0.39, 0.29) is 6.61 Å². The van der Waals surface area contributed by atoms with E-state index in [1.807, 2.05) is 38.1 Å². The first-order valence-electron chi connectivity index (χ1n) is 12.7. The Hall–Kier alpha value is -2.98. The van der Waals surface area contributed by atoms with Gasteiger partial charge in [-0.1, -0.05) is 48.5 Å². The molecule has 3 aromatic rings. The van der Waals surface area contributed by atoms with Crippen molar-refractivity contribution in [3.05, 3.63) is 68.8 Å². The highest BCUT2D eigenvalue weighted by Crippen LogP contribution is 2.43. The number of aryl methyl sites for hydroxylation is 1. The normalized spacial score (nSPS) is 14.6. The minimum absolute atomic E-state index is 0.268. The molecule has 1 atom stereocenters. The molecular formula is C28H33BrN4O4S. The highest BCUT2D eigenvalue weighted by molar-refractivity contribution is 9.10. The summed E-state index contributed by atoms with van der Waals surface area (Å²) in [5, 5.41) is 8.65. The number of carbonyl (C=O) groups is 1. The SMILES string of the molecule is CCCSc1nc2n(n1)C(c1cc(Br)c(OCc3ccc(C)cc3)c(OCC)c1)C(C(=O)OCC)=C(C)N2. The molecule has 0 fully saturated rings. The molecule has 2 heterocycles. The van der Waals surface area contributed by atoms with Crippen LogP contribution in [0.2, 0.25) is 0 Å². The number of nitrogens with zero attached hydrogens (tertiary/aromatic N) is 3. The monoisotopic (exact) mass is 600 g/mol. The van der Waals surface area contributed by atoms with Crippen LogP contribution in [0.5, 0.6) is 11.5 Å². The van der Waals surface area contributed by atoms with Gasteiger partial charge in [0.1, 0.15) is 12.6 Å². The number of benzene rings is 2. The zero-order valence-electron chi connectivity index (χ0n) is 22.3. The van der Waals surface area contributed by atoms with Crippen molar-refractivity contribution in [1.29, 1.82) is 0 Å². The van der Waals surface area contributed by atoms with Crippen molar-refractivity contribution in [2.45, 2.75) is 58.8 Å². The van der Waals surface area contributed by atoms with Crippen LogP contribution >= 0.6 is 27.7 Å². The summed E-state index contributed by atoms with van der Waals surface area (Å²) in [6, 6.07) is 11.5. The van der Waals surface area contributed by atoms with Crippen molar-refractivity contribution in [2.24, 2.45) is 0 Å². The highest BCUT2D eigenvalue weighted by atomic mass is 79.9. The van der Waals surface area contributed by atoms with Gasteiger partial charge in [-0.25, -0.2) is 9.48 Å². The number of anilines is 1. The van der Waals surface area contributed by atoms with Crippen LogP contribution in [-0.4, -0.2) is 39.7 Å². The average molecular weight is 602 g/mol. The van der Waals surface area contributed by atoms with Gasteiger partial charge >= 0.3 is 5.97 Å². The third-order valence-electron chi connectivity index (χ3n) is 5.91. The van der Waals surface area contributed by atoms with Crippen LogP contribution in [0.4, 0.5) is 5.95 Å². The number of fused-ring (bicyclic) bond motifs is 1. The Morgan fingerprint density at radius 3 is 2.55 bits per heavy atom. The summed E-state index contributed by atoms with van der Waals surface area (Å²) in [4.78, 5) is 17.8. The summed E-state index contributed by atoms with van der Waals surface area (Å²) in [6.07, 6.45) is 1.01. The van der Waals surface area contributed by atoms with E-state index < -0.39 is 12.0 Å². The summed E-state index contributed by atoms with van der Waals surface area (Å²) in [7, 11) is 0. The number of thioether (sulfide) groups is 1. The second-order valence-corrected chi connectivity index (χ2v) is 10.8. The molecule has 1 aromatic heterocycles. The molecule has 2 aromatic carbocycles. The summed E-state index contributed by atoms with van der Waals surface area (Å²) in [5.41, 5.74) is 4.19. The van der Waals surface area contributed by atoms with Gasteiger partial charge in [0.25, 0.3) is 0 Å². The Morgan fingerprint density at radius 1 is 1.11 bits per heavy atom. The first kappa shape index (κ1) is 28.0. The first-order chi connectivity index (χ1) is 18.4. The van der Waals surface area contributed by atoms with Crippen molar-refractivity contribution in [1.82, 2.24) is 14.8 Å². The average Bonchev–Trinajstić information content (AvgIpc) is 3.29. The lowest BCUT2D eigenvalue weighted by molar-refractivity contribution is -0.139. The Labute approximate surface area is 236 Å². The van der Waals surface area contributed by atoms with Gasteiger partial charge in [0.05, 0.1) is 23.3 Å². The predicted molar refractivity (Wildman–Crippen MR) is 153 cm³/mol. The van der Waals surface area contributed by atoms with Crippen molar-refractivity contribution in [3.63, 3.8) is 0 Å². The molecule has 0 radical (unpaired) electrons. The van der Waals surface area contributed by atoms with Crippen molar-refractivity contribution >= 4 is 39.6 Å². The third kappa shape index (κ3) is 6.18. The van der Waals surface area contributed by atoms with Crippen LogP contribution in [0, 0.1) is 6.92 Å². The molecule has 1 N–H and O–H groups in total. The van der Waals surface area contributed by atoms with E-state index in [1.165, 1.54) is 5.56 Å². The molecule has 0 amide bonds. The number of hydrogen-bond acceptors (Lipinski definition) is 8. The lowest BCUT2D eigenvalue weighted by Gasteiger charge is -2.28. The Morgan fingerprint density at radius 2 is 1.87 bits per heavy atom. The number of halogens is 1. The molecule has 1 aliphatic rings.